The zero-order valence-electron chi connectivity index (χ0n) is 12.6. The number of aliphatic hydroxyl groups is 1. The molecule has 1 aromatic carbocycles. The molecule has 1 atom stereocenters. The smallest absolute Gasteiger partial charge is 0.0713 e. The van der Waals surface area contributed by atoms with Gasteiger partial charge in [-0.3, -0.25) is 0 Å². The van der Waals surface area contributed by atoms with Crippen LogP contribution in [0.1, 0.15) is 38.3 Å². The summed E-state index contributed by atoms with van der Waals surface area (Å²) in [5, 5.41) is 13.2. The fourth-order valence-corrected chi connectivity index (χ4v) is 2.16. The van der Waals surface area contributed by atoms with E-state index in [0.717, 1.165) is 13.0 Å². The van der Waals surface area contributed by atoms with Crippen LogP contribution in [0.3, 0.4) is 0 Å². The van der Waals surface area contributed by atoms with E-state index in [1.807, 2.05) is 6.07 Å². The quantitative estimate of drug-likeness (QED) is 0.796. The maximum Gasteiger partial charge on any atom is 0.0713 e. The average molecular weight is 265 g/mol. The zero-order chi connectivity index (χ0) is 14.3. The molecule has 0 saturated carbocycles. The first kappa shape index (κ1) is 16.2. The normalized spacial score (nSPS) is 13.5. The van der Waals surface area contributed by atoms with Crippen LogP contribution in [0.5, 0.6) is 0 Å². The van der Waals surface area contributed by atoms with E-state index in [9.17, 15) is 5.11 Å². The molecule has 1 aromatic rings. The second kappa shape index (κ2) is 7.63. The lowest BCUT2D eigenvalue weighted by Gasteiger charge is -2.22. The monoisotopic (exact) mass is 265 g/mol. The number of nitrogens with one attached hydrogen (secondary N) is 1. The van der Waals surface area contributed by atoms with Crippen molar-refractivity contribution in [2.24, 2.45) is 5.41 Å². The molecule has 108 valence electrons. The molecule has 0 radical (unpaired) electrons. The molecule has 1 unspecified atom stereocenters. The van der Waals surface area contributed by atoms with Gasteiger partial charge < -0.3 is 15.2 Å². The Bertz CT molecular complexity index is 371. The van der Waals surface area contributed by atoms with Crippen LogP contribution in [0.4, 0.5) is 0 Å². The molecular formula is C16H27NO2. The standard InChI is InChI=1S/C16H27NO2/c1-16(2,3)9-15(18)11-17-10-13-6-5-7-14(8-13)12-19-4/h5-8,15,17-18H,9-12H2,1-4H3. The Kier molecular flexibility index (Phi) is 6.49. The van der Waals surface area contributed by atoms with Gasteiger partial charge in [0.15, 0.2) is 0 Å². The van der Waals surface area contributed by atoms with Gasteiger partial charge in [-0.25, -0.2) is 0 Å². The fraction of sp³-hybridized carbons (Fsp3) is 0.625. The van der Waals surface area contributed by atoms with E-state index in [1.54, 1.807) is 7.11 Å². The number of hydrogen-bond donors (Lipinski definition) is 2. The Hall–Kier alpha value is -0.900. The van der Waals surface area contributed by atoms with E-state index in [1.165, 1.54) is 11.1 Å². The van der Waals surface area contributed by atoms with Crippen molar-refractivity contribution in [2.75, 3.05) is 13.7 Å². The lowest BCUT2D eigenvalue weighted by Crippen LogP contribution is -2.29. The summed E-state index contributed by atoms with van der Waals surface area (Å²) in [7, 11) is 1.70. The van der Waals surface area contributed by atoms with Crippen molar-refractivity contribution in [3.63, 3.8) is 0 Å². The van der Waals surface area contributed by atoms with Crippen molar-refractivity contribution in [1.29, 1.82) is 0 Å². The molecule has 2 N–H and O–H groups in total. The van der Waals surface area contributed by atoms with Gasteiger partial charge in [-0.2, -0.15) is 0 Å². The minimum Gasteiger partial charge on any atom is -0.392 e. The SMILES string of the molecule is COCc1cccc(CNCC(O)CC(C)(C)C)c1. The highest BCUT2D eigenvalue weighted by Crippen LogP contribution is 2.20. The van der Waals surface area contributed by atoms with E-state index < -0.39 is 0 Å². The first-order valence-corrected chi connectivity index (χ1v) is 6.86. The summed E-state index contributed by atoms with van der Waals surface area (Å²) >= 11 is 0. The van der Waals surface area contributed by atoms with Crippen molar-refractivity contribution in [2.45, 2.75) is 46.4 Å². The molecule has 1 rings (SSSR count). The van der Waals surface area contributed by atoms with E-state index in [4.69, 9.17) is 4.74 Å². The summed E-state index contributed by atoms with van der Waals surface area (Å²) in [6.45, 7) is 8.48. The van der Waals surface area contributed by atoms with E-state index in [2.05, 4.69) is 44.3 Å². The largest absolute Gasteiger partial charge is 0.392 e. The van der Waals surface area contributed by atoms with Gasteiger partial charge in [-0.15, -0.1) is 0 Å². The molecule has 0 aliphatic heterocycles. The third-order valence-electron chi connectivity index (χ3n) is 2.86. The summed E-state index contributed by atoms with van der Waals surface area (Å²) in [5.41, 5.74) is 2.56. The van der Waals surface area contributed by atoms with Crippen LogP contribution < -0.4 is 5.32 Å². The highest BCUT2D eigenvalue weighted by molar-refractivity contribution is 5.22. The predicted octanol–water partition coefficient (Wildman–Crippen LogP) is 2.72. The molecule has 0 aliphatic rings. The number of ether oxygens (including phenoxy) is 1. The molecule has 0 bridgehead atoms. The first-order valence-electron chi connectivity index (χ1n) is 6.86. The number of rotatable bonds is 7. The Balaban J connectivity index is 2.34. The molecule has 0 fully saturated rings. The Morgan fingerprint density at radius 1 is 1.26 bits per heavy atom. The lowest BCUT2D eigenvalue weighted by atomic mass is 9.89. The molecule has 0 amide bonds. The molecule has 0 heterocycles. The van der Waals surface area contributed by atoms with Gasteiger partial charge in [0.25, 0.3) is 0 Å². The number of aliphatic hydroxyl groups excluding tert-OH is 1. The molecule has 3 heteroatoms. The highest BCUT2D eigenvalue weighted by Gasteiger charge is 2.16. The van der Waals surface area contributed by atoms with Crippen molar-refractivity contribution in [1.82, 2.24) is 5.32 Å². The van der Waals surface area contributed by atoms with Gasteiger partial charge >= 0.3 is 0 Å². The van der Waals surface area contributed by atoms with Gasteiger partial charge in [0.2, 0.25) is 0 Å². The van der Waals surface area contributed by atoms with Crippen LogP contribution in [-0.2, 0) is 17.9 Å². The molecule has 3 nitrogen and oxygen atoms in total. The minimum atomic E-state index is -0.290. The maximum absolute atomic E-state index is 9.92. The van der Waals surface area contributed by atoms with Gasteiger partial charge in [-0.1, -0.05) is 45.0 Å². The van der Waals surface area contributed by atoms with Gasteiger partial charge in [0.1, 0.15) is 0 Å². The molecule has 0 aliphatic carbocycles. The van der Waals surface area contributed by atoms with Gasteiger partial charge in [-0.05, 0) is 23.0 Å². The molecular weight excluding hydrogens is 238 g/mol. The third-order valence-corrected chi connectivity index (χ3v) is 2.86. The second-order valence-corrected chi connectivity index (χ2v) is 6.30. The predicted molar refractivity (Wildman–Crippen MR) is 78.9 cm³/mol. The molecule has 19 heavy (non-hydrogen) atoms. The Morgan fingerprint density at radius 3 is 2.58 bits per heavy atom. The van der Waals surface area contributed by atoms with E-state index in [0.29, 0.717) is 13.2 Å². The van der Waals surface area contributed by atoms with Crippen molar-refractivity contribution < 1.29 is 9.84 Å². The van der Waals surface area contributed by atoms with Crippen LogP contribution in [0.2, 0.25) is 0 Å². The van der Waals surface area contributed by atoms with Crippen LogP contribution in [-0.4, -0.2) is 24.9 Å². The Labute approximate surface area is 117 Å². The first-order chi connectivity index (χ1) is 8.90. The average Bonchev–Trinajstić information content (AvgIpc) is 2.27. The minimum absolute atomic E-state index is 0.166. The van der Waals surface area contributed by atoms with Gasteiger partial charge in [0.05, 0.1) is 12.7 Å². The Morgan fingerprint density at radius 2 is 1.95 bits per heavy atom. The summed E-state index contributed by atoms with van der Waals surface area (Å²) < 4.78 is 5.12. The van der Waals surface area contributed by atoms with E-state index >= 15 is 0 Å². The van der Waals surface area contributed by atoms with Crippen LogP contribution in [0.15, 0.2) is 24.3 Å². The summed E-state index contributed by atoms with van der Waals surface area (Å²) in [6.07, 6.45) is 0.520. The highest BCUT2D eigenvalue weighted by atomic mass is 16.5. The molecule has 0 aromatic heterocycles. The summed E-state index contributed by atoms with van der Waals surface area (Å²) in [5.74, 6) is 0. The summed E-state index contributed by atoms with van der Waals surface area (Å²) in [4.78, 5) is 0. The van der Waals surface area contributed by atoms with Gasteiger partial charge in [0, 0.05) is 20.2 Å². The van der Waals surface area contributed by atoms with Crippen LogP contribution >= 0.6 is 0 Å². The third kappa shape index (κ3) is 7.31. The number of benzene rings is 1. The van der Waals surface area contributed by atoms with E-state index in [-0.39, 0.29) is 11.5 Å². The van der Waals surface area contributed by atoms with Crippen LogP contribution in [0, 0.1) is 5.41 Å². The number of methoxy groups -OCH3 is 1. The summed E-state index contributed by atoms with van der Waals surface area (Å²) in [6, 6.07) is 8.31. The van der Waals surface area contributed by atoms with Crippen LogP contribution in [0.25, 0.3) is 0 Å². The maximum atomic E-state index is 9.92. The molecule has 0 saturated heterocycles. The lowest BCUT2D eigenvalue weighted by molar-refractivity contribution is 0.119. The molecule has 0 spiro atoms. The van der Waals surface area contributed by atoms with Crippen molar-refractivity contribution in [3.8, 4) is 0 Å². The topological polar surface area (TPSA) is 41.5 Å². The fourth-order valence-electron chi connectivity index (χ4n) is 2.16. The second-order valence-electron chi connectivity index (χ2n) is 6.30. The van der Waals surface area contributed by atoms with Crippen molar-refractivity contribution in [3.05, 3.63) is 35.4 Å². The number of hydrogen-bond acceptors (Lipinski definition) is 3. The van der Waals surface area contributed by atoms with Crippen molar-refractivity contribution >= 4 is 0 Å². The zero-order valence-corrected chi connectivity index (χ0v) is 12.6.